The number of nitrogens with one attached hydrogen (secondary N) is 2. The molecule has 1 aliphatic rings. The van der Waals surface area contributed by atoms with E-state index in [0.29, 0.717) is 11.9 Å². The highest BCUT2D eigenvalue weighted by atomic mass is 16.2. The van der Waals surface area contributed by atoms with Crippen LogP contribution in [0.25, 0.3) is 0 Å². The van der Waals surface area contributed by atoms with Crippen molar-refractivity contribution in [2.24, 2.45) is 0 Å². The Bertz CT molecular complexity index is 397. The molecule has 8 nitrogen and oxygen atoms in total. The molecule has 1 atom stereocenters. The van der Waals surface area contributed by atoms with Crippen molar-refractivity contribution in [2.45, 2.75) is 31.8 Å². The lowest BCUT2D eigenvalue weighted by molar-refractivity contribution is 0.150. The number of amides is 2. The van der Waals surface area contributed by atoms with Crippen LogP contribution in [0, 0.1) is 0 Å². The number of carbonyl (C=O) groups is 1. The summed E-state index contributed by atoms with van der Waals surface area (Å²) in [5.74, 6) is 0.673. The monoisotopic (exact) mass is 267 g/mol. The van der Waals surface area contributed by atoms with Gasteiger partial charge >= 0.3 is 6.03 Å². The number of H-pyrrole nitrogens is 1. The molecule has 0 aliphatic carbocycles. The Morgan fingerprint density at radius 2 is 2.16 bits per heavy atom. The largest absolute Gasteiger partial charge is 0.331 e. The fourth-order valence-corrected chi connectivity index (χ4v) is 2.30. The highest BCUT2D eigenvalue weighted by Crippen LogP contribution is 2.15. The van der Waals surface area contributed by atoms with E-state index in [1.807, 2.05) is 11.8 Å². The Hall–Kier alpha value is -1.70. The first-order chi connectivity index (χ1) is 9.08. The van der Waals surface area contributed by atoms with Crippen molar-refractivity contribution >= 4 is 6.03 Å². The van der Waals surface area contributed by atoms with E-state index in [2.05, 4.69) is 25.9 Å². The van der Waals surface area contributed by atoms with Crippen LogP contribution >= 0.6 is 0 Å². The number of piperidine rings is 1. The fourth-order valence-electron chi connectivity index (χ4n) is 2.30. The summed E-state index contributed by atoms with van der Waals surface area (Å²) in [5, 5.41) is 17.4. The zero-order chi connectivity index (χ0) is 13.8. The number of likely N-dealkylation sites (tertiary alicyclic amines) is 1. The third-order valence-corrected chi connectivity index (χ3v) is 3.38. The molecule has 0 radical (unpaired) electrons. The van der Waals surface area contributed by atoms with Crippen molar-refractivity contribution in [3.63, 3.8) is 0 Å². The van der Waals surface area contributed by atoms with Gasteiger partial charge in [0.15, 0.2) is 5.82 Å². The Labute approximate surface area is 112 Å². The minimum absolute atomic E-state index is 0.0693. The summed E-state index contributed by atoms with van der Waals surface area (Å²) >= 11 is 0. The maximum Gasteiger partial charge on any atom is 0.319 e. The highest BCUT2D eigenvalue weighted by molar-refractivity contribution is 5.73. The molecular formula is C11H21N7O. The van der Waals surface area contributed by atoms with Gasteiger partial charge in [0, 0.05) is 33.2 Å². The Morgan fingerprint density at radius 1 is 1.47 bits per heavy atom. The lowest BCUT2D eigenvalue weighted by Crippen LogP contribution is -2.48. The van der Waals surface area contributed by atoms with Crippen LogP contribution in [0.5, 0.6) is 0 Å². The van der Waals surface area contributed by atoms with Gasteiger partial charge in [-0.3, -0.25) is 0 Å². The third-order valence-electron chi connectivity index (χ3n) is 3.38. The molecule has 1 unspecified atom stereocenters. The standard InChI is InChI=1S/C11H21N7O/c1-8(10-13-15-16-14-10)12-9-4-6-18(7-5-9)11(19)17(2)3/h8-9,12H,4-7H2,1-3H3,(H,13,14,15,16). The predicted molar refractivity (Wildman–Crippen MR) is 69.4 cm³/mol. The second-order valence-corrected chi connectivity index (χ2v) is 5.10. The first-order valence-electron chi connectivity index (χ1n) is 6.53. The van der Waals surface area contributed by atoms with E-state index in [9.17, 15) is 4.79 Å². The Kier molecular flexibility index (Phi) is 4.31. The molecule has 2 amide bonds. The van der Waals surface area contributed by atoms with Gasteiger partial charge in [-0.25, -0.2) is 4.79 Å². The van der Waals surface area contributed by atoms with E-state index < -0.39 is 0 Å². The maximum atomic E-state index is 11.8. The van der Waals surface area contributed by atoms with Crippen molar-refractivity contribution < 1.29 is 4.79 Å². The molecule has 2 heterocycles. The van der Waals surface area contributed by atoms with Crippen LogP contribution in [-0.2, 0) is 0 Å². The molecule has 0 aromatic carbocycles. The molecule has 1 fully saturated rings. The number of tetrazole rings is 1. The Morgan fingerprint density at radius 3 is 2.68 bits per heavy atom. The van der Waals surface area contributed by atoms with E-state index >= 15 is 0 Å². The summed E-state index contributed by atoms with van der Waals surface area (Å²) in [4.78, 5) is 15.3. The van der Waals surface area contributed by atoms with Gasteiger partial charge in [0.1, 0.15) is 0 Å². The first-order valence-corrected chi connectivity index (χ1v) is 6.53. The molecule has 0 bridgehead atoms. The molecule has 0 spiro atoms. The molecule has 106 valence electrons. The summed E-state index contributed by atoms with van der Waals surface area (Å²) in [7, 11) is 3.57. The molecule has 0 saturated carbocycles. The molecule has 2 N–H and O–H groups in total. The number of rotatable bonds is 3. The fraction of sp³-hybridized carbons (Fsp3) is 0.818. The van der Waals surface area contributed by atoms with Crippen LogP contribution in [0.3, 0.4) is 0 Å². The molecule has 1 aromatic heterocycles. The molecule has 8 heteroatoms. The van der Waals surface area contributed by atoms with Crippen LogP contribution < -0.4 is 5.32 Å². The molecule has 1 aromatic rings. The summed E-state index contributed by atoms with van der Waals surface area (Å²) in [6, 6.07) is 0.546. The van der Waals surface area contributed by atoms with Crippen molar-refractivity contribution in [2.75, 3.05) is 27.2 Å². The number of hydrogen-bond acceptors (Lipinski definition) is 5. The van der Waals surface area contributed by atoms with Crippen molar-refractivity contribution in [3.05, 3.63) is 5.82 Å². The SMILES string of the molecule is CC(NC1CCN(C(=O)N(C)C)CC1)c1nn[nH]n1. The topological polar surface area (TPSA) is 90.0 Å². The van der Waals surface area contributed by atoms with Crippen molar-refractivity contribution in [3.8, 4) is 0 Å². The second kappa shape index (κ2) is 5.96. The number of urea groups is 1. The predicted octanol–water partition coefficient (Wildman–Crippen LogP) is -0.00370. The quantitative estimate of drug-likeness (QED) is 0.804. The van der Waals surface area contributed by atoms with Gasteiger partial charge in [0.05, 0.1) is 6.04 Å². The molecule has 1 aliphatic heterocycles. The van der Waals surface area contributed by atoms with Crippen molar-refractivity contribution in [1.82, 2.24) is 35.7 Å². The lowest BCUT2D eigenvalue weighted by atomic mass is 10.0. The van der Waals surface area contributed by atoms with Crippen molar-refractivity contribution in [1.29, 1.82) is 0 Å². The van der Waals surface area contributed by atoms with Gasteiger partial charge in [-0.15, -0.1) is 10.2 Å². The van der Waals surface area contributed by atoms with Crippen LogP contribution in [0.4, 0.5) is 4.79 Å². The average Bonchev–Trinajstić information content (AvgIpc) is 2.92. The first kappa shape index (κ1) is 13.7. The lowest BCUT2D eigenvalue weighted by Gasteiger charge is -2.34. The zero-order valence-corrected chi connectivity index (χ0v) is 11.6. The zero-order valence-electron chi connectivity index (χ0n) is 11.6. The van der Waals surface area contributed by atoms with Gasteiger partial charge in [-0.2, -0.15) is 5.21 Å². The van der Waals surface area contributed by atoms with Gasteiger partial charge in [0.2, 0.25) is 0 Å². The normalized spacial score (nSPS) is 18.4. The number of carbonyl (C=O) groups excluding carboxylic acids is 1. The summed E-state index contributed by atoms with van der Waals surface area (Å²) in [5.41, 5.74) is 0. The average molecular weight is 267 g/mol. The Balaban J connectivity index is 1.79. The minimum atomic E-state index is 0.0693. The summed E-state index contributed by atoms with van der Waals surface area (Å²) in [6.45, 7) is 3.59. The van der Waals surface area contributed by atoms with Crippen LogP contribution in [-0.4, -0.2) is 69.7 Å². The number of aromatic nitrogens is 4. The number of aromatic amines is 1. The van der Waals surface area contributed by atoms with E-state index in [1.165, 1.54) is 0 Å². The smallest absolute Gasteiger partial charge is 0.319 e. The van der Waals surface area contributed by atoms with Crippen LogP contribution in [0.2, 0.25) is 0 Å². The molecule has 19 heavy (non-hydrogen) atoms. The second-order valence-electron chi connectivity index (χ2n) is 5.10. The van der Waals surface area contributed by atoms with E-state index in [1.54, 1.807) is 19.0 Å². The van der Waals surface area contributed by atoms with Gasteiger partial charge in [0.25, 0.3) is 0 Å². The maximum absolute atomic E-state index is 11.8. The van der Waals surface area contributed by atoms with Gasteiger partial charge in [-0.05, 0) is 19.8 Å². The minimum Gasteiger partial charge on any atom is -0.331 e. The summed E-state index contributed by atoms with van der Waals surface area (Å²) in [6.07, 6.45) is 1.89. The van der Waals surface area contributed by atoms with Crippen LogP contribution in [0.1, 0.15) is 31.6 Å². The van der Waals surface area contributed by atoms with Gasteiger partial charge < -0.3 is 15.1 Å². The molecular weight excluding hydrogens is 246 g/mol. The van der Waals surface area contributed by atoms with E-state index in [0.717, 1.165) is 25.9 Å². The van der Waals surface area contributed by atoms with E-state index in [4.69, 9.17) is 0 Å². The van der Waals surface area contributed by atoms with Gasteiger partial charge in [-0.1, -0.05) is 5.21 Å². The molecule has 1 saturated heterocycles. The van der Waals surface area contributed by atoms with E-state index in [-0.39, 0.29) is 12.1 Å². The number of hydrogen-bond donors (Lipinski definition) is 2. The third kappa shape index (κ3) is 3.40. The number of nitrogens with zero attached hydrogens (tertiary/aromatic N) is 5. The van der Waals surface area contributed by atoms with Crippen LogP contribution in [0.15, 0.2) is 0 Å². The molecule has 2 rings (SSSR count). The highest BCUT2D eigenvalue weighted by Gasteiger charge is 2.25. The summed E-state index contributed by atoms with van der Waals surface area (Å²) < 4.78 is 0.